The molecule has 12 aromatic rings. The van der Waals surface area contributed by atoms with Gasteiger partial charge < -0.3 is 9.80 Å². The summed E-state index contributed by atoms with van der Waals surface area (Å²) in [6.45, 7) is 44.9. The van der Waals surface area contributed by atoms with Crippen LogP contribution in [0.5, 0.6) is 0 Å². The third kappa shape index (κ3) is 12.8. The molecule has 3 aliphatic carbocycles. The van der Waals surface area contributed by atoms with Gasteiger partial charge in [0.1, 0.15) is 0 Å². The van der Waals surface area contributed by atoms with E-state index in [1.54, 1.807) is 0 Å². The summed E-state index contributed by atoms with van der Waals surface area (Å²) in [7, 11) is 0. The van der Waals surface area contributed by atoms with E-state index in [1.807, 2.05) is 0 Å². The fourth-order valence-corrected chi connectivity index (χ4v) is 16.2. The maximum absolute atomic E-state index is 2.48. The van der Waals surface area contributed by atoms with Gasteiger partial charge >= 0.3 is 0 Å². The van der Waals surface area contributed by atoms with Crippen molar-refractivity contribution in [3.63, 3.8) is 0 Å². The van der Waals surface area contributed by atoms with Crippen molar-refractivity contribution in [1.82, 2.24) is 0 Å². The minimum absolute atomic E-state index is 0.0908. The molecule has 0 heterocycles. The monoisotopic (exact) mass is 1310 g/mol. The molecule has 0 radical (unpaired) electrons. The first-order chi connectivity index (χ1) is 47.5. The van der Waals surface area contributed by atoms with E-state index in [0.29, 0.717) is 0 Å². The van der Waals surface area contributed by atoms with Crippen LogP contribution in [0.2, 0.25) is 0 Å². The molecule has 0 fully saturated rings. The Bertz CT molecular complexity index is 4730. The van der Waals surface area contributed by atoms with Crippen LogP contribution in [0.4, 0.5) is 34.1 Å². The first kappa shape index (κ1) is 68.8. The zero-order chi connectivity index (χ0) is 71.1. The summed E-state index contributed by atoms with van der Waals surface area (Å²) >= 11 is 0. The van der Waals surface area contributed by atoms with Crippen molar-refractivity contribution < 1.29 is 0 Å². The summed E-state index contributed by atoms with van der Waals surface area (Å²) in [6.07, 6.45) is 2.01. The average Bonchev–Trinajstić information content (AvgIpc) is 1.53. The minimum atomic E-state index is -0.288. The maximum atomic E-state index is 2.48. The van der Waals surface area contributed by atoms with Crippen molar-refractivity contribution in [3.8, 4) is 33.4 Å². The molecule has 3 aliphatic rings. The summed E-state index contributed by atoms with van der Waals surface area (Å²) in [5, 5.41) is 0. The molecule has 12 aromatic carbocycles. The number of hydrogen-bond acceptors (Lipinski definition) is 2. The highest BCUT2D eigenvalue weighted by Crippen LogP contribution is 2.57. The third-order valence-electron chi connectivity index (χ3n) is 21.8. The van der Waals surface area contributed by atoms with Gasteiger partial charge in [0.15, 0.2) is 0 Å². The van der Waals surface area contributed by atoms with Crippen molar-refractivity contribution in [2.45, 2.75) is 173 Å². The van der Waals surface area contributed by atoms with Crippen molar-refractivity contribution in [1.29, 1.82) is 0 Å². The van der Waals surface area contributed by atoms with Gasteiger partial charge in [0.2, 0.25) is 0 Å². The second-order valence-corrected chi connectivity index (χ2v) is 32.2. The van der Waals surface area contributed by atoms with Crippen LogP contribution in [-0.4, -0.2) is 0 Å². The van der Waals surface area contributed by atoms with Crippen LogP contribution in [0.15, 0.2) is 231 Å². The molecule has 0 unspecified atom stereocenters. The Hall–Kier alpha value is -9.76. The predicted molar refractivity (Wildman–Crippen MR) is 431 cm³/mol. The Morgan fingerprint density at radius 3 is 0.810 bits per heavy atom. The van der Waals surface area contributed by atoms with E-state index in [2.05, 4.69) is 379 Å². The van der Waals surface area contributed by atoms with Crippen LogP contribution < -0.4 is 9.80 Å². The Morgan fingerprint density at radius 2 is 0.510 bits per heavy atom. The quantitative estimate of drug-likeness (QED) is 0.150. The molecular formula is C98H102N2. The molecule has 0 N–H and O–H groups in total. The molecule has 504 valence electrons. The fraction of sp³-hybridized carbons (Fsp3) is 0.265. The molecule has 15 rings (SSSR count). The first-order valence-corrected chi connectivity index (χ1v) is 36.3. The molecule has 0 bridgehead atoms. The number of rotatable bonds is 8. The molecule has 0 atom stereocenters. The van der Waals surface area contributed by atoms with Crippen molar-refractivity contribution in [3.05, 3.63) is 353 Å². The average molecular weight is 1310 g/mol. The van der Waals surface area contributed by atoms with Gasteiger partial charge in [-0.05, 0) is 267 Å². The maximum Gasteiger partial charge on any atom is 0.0713 e. The SMILES string of the molecule is Cc1ccc(C2(c3ccc(C)cc3)c3cc(C)ccc3-c3ccc(C)cc32)cc1.Cc1ccc(N(c2ccc3c(c2)CCc2cc(N(c4ccc(C)cc4)c4c(C)cc(C(C)(C)C)cc4C)ccc2-3)c2c(C)cc(C(C)(C)C)cc2C)cc1.Cc1ccc2c(c1)C(C)(C)c1cc(C)ccc1-2. The summed E-state index contributed by atoms with van der Waals surface area (Å²) in [6, 6.07) is 87.6. The Kier molecular flexibility index (Phi) is 18.1. The standard InChI is InChI=1S/C52H58N2.C29H26.C17H18/c1-33-13-19-43(20-14-33)53(49-35(3)27-41(28-36(49)4)51(7,8)9)45-23-25-47-39(31-45)17-18-40-32-46(24-26-48(40)47)54(44-21-15-34(2)16-22-44)50-37(5)29-42(30-38(50)6)52(10,11)12;1-19-5-11-23(12-6-19)29(24-13-7-20(2)8-14-24)27-17-21(3)9-15-25(27)26-16-10-22(4)18-28(26)29;1-11-5-7-13-14-8-6-12(2)10-16(14)17(3,4)15(13)9-11/h13-16,19-32H,17-18H2,1-12H3;5-18H,1-4H3;5-10H,1-4H3. The summed E-state index contributed by atoms with van der Waals surface area (Å²) in [5.74, 6) is 0. The number of nitrogens with zero attached hydrogens (tertiary/aromatic N) is 2. The molecule has 2 heteroatoms. The van der Waals surface area contributed by atoms with Crippen molar-refractivity contribution >= 4 is 34.1 Å². The Morgan fingerprint density at radius 1 is 0.260 bits per heavy atom. The Balaban J connectivity index is 0.000000160. The van der Waals surface area contributed by atoms with Gasteiger partial charge in [-0.1, -0.05) is 282 Å². The van der Waals surface area contributed by atoms with E-state index in [-0.39, 0.29) is 21.7 Å². The van der Waals surface area contributed by atoms with E-state index < -0.39 is 0 Å². The van der Waals surface area contributed by atoms with Gasteiger partial charge in [-0.15, -0.1) is 0 Å². The van der Waals surface area contributed by atoms with Crippen LogP contribution in [-0.2, 0) is 34.5 Å². The fourth-order valence-electron chi connectivity index (χ4n) is 16.2. The van der Waals surface area contributed by atoms with E-state index in [1.165, 1.54) is 190 Å². The van der Waals surface area contributed by atoms with Gasteiger partial charge in [-0.25, -0.2) is 0 Å². The highest BCUT2D eigenvalue weighted by molar-refractivity contribution is 5.89. The lowest BCUT2D eigenvalue weighted by atomic mass is 9.67. The summed E-state index contributed by atoms with van der Waals surface area (Å²) in [5.41, 5.74) is 45.2. The highest BCUT2D eigenvalue weighted by atomic mass is 15.2. The second kappa shape index (κ2) is 26.4. The van der Waals surface area contributed by atoms with Crippen LogP contribution in [0, 0.1) is 83.1 Å². The Labute approximate surface area is 599 Å². The summed E-state index contributed by atoms with van der Waals surface area (Å²) < 4.78 is 0. The third-order valence-corrected chi connectivity index (χ3v) is 21.8. The zero-order valence-electron chi connectivity index (χ0n) is 63.2. The second-order valence-electron chi connectivity index (χ2n) is 32.2. The first-order valence-electron chi connectivity index (χ1n) is 36.3. The molecule has 0 saturated carbocycles. The molecule has 0 spiro atoms. The van der Waals surface area contributed by atoms with Gasteiger partial charge in [0.25, 0.3) is 0 Å². The molecule has 100 heavy (non-hydrogen) atoms. The van der Waals surface area contributed by atoms with Gasteiger partial charge in [-0.2, -0.15) is 0 Å². The lowest BCUT2D eigenvalue weighted by Gasteiger charge is -2.34. The lowest BCUT2D eigenvalue weighted by molar-refractivity contribution is 0.589. The van der Waals surface area contributed by atoms with Gasteiger partial charge in [-0.3, -0.25) is 0 Å². The molecule has 0 amide bonds. The smallest absolute Gasteiger partial charge is 0.0713 e. The van der Waals surface area contributed by atoms with E-state index >= 15 is 0 Å². The van der Waals surface area contributed by atoms with Crippen LogP contribution in [0.1, 0.15) is 178 Å². The van der Waals surface area contributed by atoms with Gasteiger partial charge in [0, 0.05) is 28.2 Å². The minimum Gasteiger partial charge on any atom is -0.310 e. The van der Waals surface area contributed by atoms with E-state index in [9.17, 15) is 0 Å². The van der Waals surface area contributed by atoms with Crippen LogP contribution >= 0.6 is 0 Å². The molecule has 0 aromatic heterocycles. The zero-order valence-corrected chi connectivity index (χ0v) is 63.2. The predicted octanol–water partition coefficient (Wildman–Crippen LogP) is 26.7. The van der Waals surface area contributed by atoms with Crippen LogP contribution in [0.3, 0.4) is 0 Å². The number of fused-ring (bicyclic) bond motifs is 9. The normalized spacial score (nSPS) is 13.5. The van der Waals surface area contributed by atoms with E-state index in [4.69, 9.17) is 0 Å². The van der Waals surface area contributed by atoms with Crippen LogP contribution in [0.25, 0.3) is 33.4 Å². The van der Waals surface area contributed by atoms with Crippen molar-refractivity contribution in [2.24, 2.45) is 0 Å². The summed E-state index contributed by atoms with van der Waals surface area (Å²) in [4.78, 5) is 4.95. The molecule has 0 saturated heterocycles. The van der Waals surface area contributed by atoms with Gasteiger partial charge in [0.05, 0.1) is 16.8 Å². The number of anilines is 6. The molecule has 0 aliphatic heterocycles. The molecule has 2 nitrogen and oxygen atoms in total. The highest BCUT2D eigenvalue weighted by Gasteiger charge is 2.46. The molecular weight excluding hydrogens is 1210 g/mol. The van der Waals surface area contributed by atoms with E-state index in [0.717, 1.165) is 12.8 Å². The topological polar surface area (TPSA) is 6.48 Å². The largest absolute Gasteiger partial charge is 0.310 e. The number of aryl methyl sites for hydroxylation is 14. The number of hydrogen-bond donors (Lipinski definition) is 0. The van der Waals surface area contributed by atoms with Crippen molar-refractivity contribution in [2.75, 3.05) is 9.80 Å². The number of benzene rings is 12. The lowest BCUT2D eigenvalue weighted by Crippen LogP contribution is -2.28.